The Morgan fingerprint density at radius 3 is 2.55 bits per heavy atom. The molecule has 0 fully saturated rings. The molecular weight excluding hydrogens is 267 g/mol. The molecule has 2 aromatic rings. The molecule has 2 nitrogen and oxygen atoms in total. The second-order valence-corrected chi connectivity index (χ2v) is 4.60. The van der Waals surface area contributed by atoms with Gasteiger partial charge in [0.05, 0.1) is 6.61 Å². The van der Waals surface area contributed by atoms with Gasteiger partial charge in [0.15, 0.2) is 0 Å². The van der Waals surface area contributed by atoms with Crippen molar-refractivity contribution in [1.29, 1.82) is 0 Å². The zero-order valence-corrected chi connectivity index (χ0v) is 11.1. The van der Waals surface area contributed by atoms with Crippen LogP contribution in [-0.2, 0) is 0 Å². The molecule has 2 aromatic carbocycles. The second kappa shape index (κ2) is 5.71. The van der Waals surface area contributed by atoms with Crippen molar-refractivity contribution in [2.45, 2.75) is 25.6 Å². The van der Waals surface area contributed by atoms with Crippen molar-refractivity contribution in [2.75, 3.05) is 6.61 Å². The first-order valence-corrected chi connectivity index (χ1v) is 6.41. The third-order valence-electron chi connectivity index (χ3n) is 3.03. The van der Waals surface area contributed by atoms with Gasteiger partial charge in [0, 0.05) is 0 Å². The van der Waals surface area contributed by atoms with Gasteiger partial charge < -0.3 is 10.5 Å². The van der Waals surface area contributed by atoms with Crippen LogP contribution >= 0.6 is 0 Å². The average molecular weight is 283 g/mol. The van der Waals surface area contributed by atoms with E-state index in [0.717, 1.165) is 6.42 Å². The fraction of sp³-hybridized carbons (Fsp3) is 0.333. The molecule has 20 heavy (non-hydrogen) atoms. The highest BCUT2D eigenvalue weighted by atomic mass is 19.4. The van der Waals surface area contributed by atoms with Gasteiger partial charge in [0.25, 0.3) is 0 Å². The van der Waals surface area contributed by atoms with Gasteiger partial charge >= 0.3 is 6.18 Å². The number of alkyl halides is 3. The first-order valence-electron chi connectivity index (χ1n) is 6.41. The van der Waals surface area contributed by atoms with E-state index in [9.17, 15) is 13.2 Å². The number of ether oxygens (including phenoxy) is 1. The molecule has 0 bridgehead atoms. The molecule has 0 spiro atoms. The molecule has 0 unspecified atom stereocenters. The molecule has 0 saturated carbocycles. The fourth-order valence-corrected chi connectivity index (χ4v) is 2.05. The van der Waals surface area contributed by atoms with Crippen molar-refractivity contribution in [2.24, 2.45) is 5.73 Å². The van der Waals surface area contributed by atoms with Gasteiger partial charge in [-0.2, -0.15) is 13.2 Å². The van der Waals surface area contributed by atoms with Gasteiger partial charge in [-0.3, -0.25) is 0 Å². The Morgan fingerprint density at radius 2 is 1.90 bits per heavy atom. The van der Waals surface area contributed by atoms with Crippen molar-refractivity contribution >= 4 is 10.8 Å². The van der Waals surface area contributed by atoms with Crippen LogP contribution in [0.4, 0.5) is 13.2 Å². The number of nitrogens with two attached hydrogens (primary N) is 1. The lowest BCUT2D eigenvalue weighted by Gasteiger charge is -2.19. The SMILES string of the molecule is CCCOc1cc([C@H](N)C(F)(F)F)c2ccccc2c1. The van der Waals surface area contributed by atoms with Gasteiger partial charge in [-0.25, -0.2) is 0 Å². The third-order valence-corrected chi connectivity index (χ3v) is 3.03. The minimum Gasteiger partial charge on any atom is -0.494 e. The maximum absolute atomic E-state index is 12.9. The molecule has 0 heterocycles. The molecule has 0 aliphatic heterocycles. The number of fused-ring (bicyclic) bond motifs is 1. The lowest BCUT2D eigenvalue weighted by Crippen LogP contribution is -2.28. The maximum atomic E-state index is 12.9. The summed E-state index contributed by atoms with van der Waals surface area (Å²) in [5, 5.41) is 1.19. The minimum atomic E-state index is -4.48. The van der Waals surface area contributed by atoms with Gasteiger partial charge in [0.2, 0.25) is 0 Å². The van der Waals surface area contributed by atoms with Crippen LogP contribution in [0, 0.1) is 0 Å². The number of hydrogen-bond donors (Lipinski definition) is 1. The zero-order valence-electron chi connectivity index (χ0n) is 11.1. The second-order valence-electron chi connectivity index (χ2n) is 4.60. The average Bonchev–Trinajstić information content (AvgIpc) is 2.42. The Morgan fingerprint density at radius 1 is 1.20 bits per heavy atom. The van der Waals surface area contributed by atoms with Crippen LogP contribution in [0.1, 0.15) is 24.9 Å². The molecule has 5 heteroatoms. The molecule has 2 rings (SSSR count). The Hall–Kier alpha value is -1.75. The van der Waals surface area contributed by atoms with Crippen LogP contribution in [-0.4, -0.2) is 12.8 Å². The maximum Gasteiger partial charge on any atom is 0.407 e. The standard InChI is InChI=1S/C15H16F3NO/c1-2-7-20-11-8-10-5-3-4-6-12(10)13(9-11)14(19)15(16,17)18/h3-6,8-9,14H,2,7,19H2,1H3/t14-/m0/s1. The van der Waals surface area contributed by atoms with Crippen molar-refractivity contribution in [3.63, 3.8) is 0 Å². The highest BCUT2D eigenvalue weighted by molar-refractivity contribution is 5.87. The summed E-state index contributed by atoms with van der Waals surface area (Å²) in [6.45, 7) is 2.39. The predicted octanol–water partition coefficient (Wildman–Crippen LogP) is 4.19. The fourth-order valence-electron chi connectivity index (χ4n) is 2.05. The van der Waals surface area contributed by atoms with E-state index < -0.39 is 12.2 Å². The van der Waals surface area contributed by atoms with Gasteiger partial charge in [-0.1, -0.05) is 31.2 Å². The molecule has 1 atom stereocenters. The predicted molar refractivity (Wildman–Crippen MR) is 72.7 cm³/mol. The van der Waals surface area contributed by atoms with E-state index in [-0.39, 0.29) is 5.56 Å². The number of rotatable bonds is 4. The van der Waals surface area contributed by atoms with E-state index in [4.69, 9.17) is 10.5 Å². The van der Waals surface area contributed by atoms with E-state index in [1.54, 1.807) is 30.3 Å². The first-order chi connectivity index (χ1) is 9.43. The van der Waals surface area contributed by atoms with Crippen LogP contribution in [0.25, 0.3) is 10.8 Å². The van der Waals surface area contributed by atoms with Crippen LogP contribution in [0.15, 0.2) is 36.4 Å². The molecule has 0 amide bonds. The van der Waals surface area contributed by atoms with Gasteiger partial charge in [-0.05, 0) is 34.9 Å². The summed E-state index contributed by atoms with van der Waals surface area (Å²) in [5.74, 6) is 0.417. The number of halogens is 3. The van der Waals surface area contributed by atoms with E-state index in [2.05, 4.69) is 0 Å². The number of benzene rings is 2. The van der Waals surface area contributed by atoms with Crippen LogP contribution < -0.4 is 10.5 Å². The summed E-state index contributed by atoms with van der Waals surface area (Å²) in [7, 11) is 0. The summed E-state index contributed by atoms with van der Waals surface area (Å²) in [6, 6.07) is 7.96. The van der Waals surface area contributed by atoms with Crippen molar-refractivity contribution in [3.05, 3.63) is 42.0 Å². The van der Waals surface area contributed by atoms with E-state index in [1.807, 2.05) is 6.92 Å². The van der Waals surface area contributed by atoms with Crippen LogP contribution in [0.2, 0.25) is 0 Å². The van der Waals surface area contributed by atoms with Crippen LogP contribution in [0.5, 0.6) is 5.75 Å². The van der Waals surface area contributed by atoms with Gasteiger partial charge in [-0.15, -0.1) is 0 Å². The quantitative estimate of drug-likeness (QED) is 0.913. The van der Waals surface area contributed by atoms with Crippen molar-refractivity contribution in [3.8, 4) is 5.75 Å². The Bertz CT molecular complexity index is 595. The lowest BCUT2D eigenvalue weighted by atomic mass is 9.98. The normalized spacial score (nSPS) is 13.4. The number of hydrogen-bond acceptors (Lipinski definition) is 2. The Labute approximate surface area is 115 Å². The molecule has 2 N–H and O–H groups in total. The van der Waals surface area contributed by atoms with E-state index in [1.165, 1.54) is 6.07 Å². The summed E-state index contributed by atoms with van der Waals surface area (Å²) >= 11 is 0. The highest BCUT2D eigenvalue weighted by Gasteiger charge is 2.38. The smallest absolute Gasteiger partial charge is 0.407 e. The van der Waals surface area contributed by atoms with Crippen LogP contribution in [0.3, 0.4) is 0 Å². The molecule has 0 aliphatic carbocycles. The summed E-state index contributed by atoms with van der Waals surface area (Å²) in [6.07, 6.45) is -3.69. The molecular formula is C15H16F3NO. The first kappa shape index (κ1) is 14.7. The van der Waals surface area contributed by atoms with Crippen molar-refractivity contribution < 1.29 is 17.9 Å². The Kier molecular flexibility index (Phi) is 4.18. The largest absolute Gasteiger partial charge is 0.494 e. The Balaban J connectivity index is 2.55. The zero-order chi connectivity index (χ0) is 14.8. The van der Waals surface area contributed by atoms with Crippen molar-refractivity contribution in [1.82, 2.24) is 0 Å². The lowest BCUT2D eigenvalue weighted by molar-refractivity contribution is -0.148. The molecule has 0 aromatic heterocycles. The summed E-state index contributed by atoms with van der Waals surface area (Å²) < 4.78 is 44.1. The topological polar surface area (TPSA) is 35.2 Å². The molecule has 0 aliphatic rings. The highest BCUT2D eigenvalue weighted by Crippen LogP contribution is 2.36. The molecule has 108 valence electrons. The third kappa shape index (κ3) is 3.04. The van der Waals surface area contributed by atoms with Gasteiger partial charge in [0.1, 0.15) is 11.8 Å². The minimum absolute atomic E-state index is 0.0432. The molecule has 0 saturated heterocycles. The van der Waals surface area contributed by atoms with E-state index in [0.29, 0.717) is 23.1 Å². The summed E-state index contributed by atoms with van der Waals surface area (Å²) in [4.78, 5) is 0. The van der Waals surface area contributed by atoms with E-state index >= 15 is 0 Å². The monoisotopic (exact) mass is 283 g/mol. The molecule has 0 radical (unpaired) electrons. The summed E-state index contributed by atoms with van der Waals surface area (Å²) in [5.41, 5.74) is 5.40.